The van der Waals surface area contributed by atoms with Crippen LogP contribution in [-0.4, -0.2) is 30.0 Å². The molecule has 0 unspecified atom stereocenters. The Morgan fingerprint density at radius 2 is 1.64 bits per heavy atom. The van der Waals surface area contributed by atoms with Crippen LogP contribution < -0.4 is 0 Å². The molecule has 154 valence electrons. The van der Waals surface area contributed by atoms with Crippen LogP contribution in [0, 0.1) is 0 Å². The molecule has 0 spiro atoms. The molecule has 1 aliphatic carbocycles. The highest BCUT2D eigenvalue weighted by Crippen LogP contribution is 2.40. The Hall–Kier alpha value is -2.08. The largest absolute Gasteiger partial charge is 0.416 e. The van der Waals surface area contributed by atoms with Crippen LogP contribution in [0.3, 0.4) is 0 Å². The van der Waals surface area contributed by atoms with E-state index >= 15 is 0 Å². The van der Waals surface area contributed by atoms with Gasteiger partial charge in [0.1, 0.15) is 0 Å². The molecule has 0 bridgehead atoms. The molecule has 1 aromatic heterocycles. The van der Waals surface area contributed by atoms with Crippen molar-refractivity contribution in [1.82, 2.24) is 14.5 Å². The van der Waals surface area contributed by atoms with E-state index in [1.807, 2.05) is 0 Å². The average Bonchev–Trinajstić information content (AvgIpc) is 3.07. The zero-order valence-electron chi connectivity index (χ0n) is 14.4. The zero-order chi connectivity index (χ0) is 20.9. The predicted octanol–water partition coefficient (Wildman–Crippen LogP) is 4.15. The van der Waals surface area contributed by atoms with Gasteiger partial charge in [0.05, 0.1) is 28.3 Å². The summed E-state index contributed by atoms with van der Waals surface area (Å²) in [6.07, 6.45) is -7.26. The van der Waals surface area contributed by atoms with Crippen molar-refractivity contribution >= 4 is 10.0 Å². The van der Waals surface area contributed by atoms with Crippen LogP contribution in [0.15, 0.2) is 29.3 Å². The van der Waals surface area contributed by atoms with E-state index in [1.54, 1.807) is 0 Å². The molecule has 28 heavy (non-hydrogen) atoms. The first-order chi connectivity index (χ1) is 12.8. The third-order valence-electron chi connectivity index (χ3n) is 4.69. The first kappa shape index (κ1) is 20.6. The number of hydrogen-bond donors (Lipinski definition) is 1. The first-order valence-electron chi connectivity index (χ1n) is 8.11. The molecule has 0 fully saturated rings. The monoisotopic (exact) mass is 427 g/mol. The van der Waals surface area contributed by atoms with Gasteiger partial charge in [-0.25, -0.2) is 8.42 Å². The maximum Gasteiger partial charge on any atom is 0.416 e. The highest BCUT2D eigenvalue weighted by Gasteiger charge is 2.40. The summed E-state index contributed by atoms with van der Waals surface area (Å²) < 4.78 is 105. The van der Waals surface area contributed by atoms with E-state index in [-0.39, 0.29) is 18.2 Å². The summed E-state index contributed by atoms with van der Waals surface area (Å²) in [5.74, 6) is 0. The number of aromatic nitrogens is 2. The molecule has 1 aliphatic rings. The van der Waals surface area contributed by atoms with E-state index in [0.29, 0.717) is 30.5 Å². The van der Waals surface area contributed by atoms with Crippen molar-refractivity contribution in [3.63, 3.8) is 0 Å². The van der Waals surface area contributed by atoms with Gasteiger partial charge >= 0.3 is 12.4 Å². The van der Waals surface area contributed by atoms with Gasteiger partial charge in [-0.1, -0.05) is 0 Å². The van der Waals surface area contributed by atoms with E-state index < -0.39 is 44.4 Å². The Bertz CT molecular complexity index is 949. The third-order valence-corrected chi connectivity index (χ3v) is 6.54. The fourth-order valence-corrected chi connectivity index (χ4v) is 4.66. The Balaban J connectivity index is 2.09. The van der Waals surface area contributed by atoms with Crippen molar-refractivity contribution in [2.45, 2.75) is 42.6 Å². The van der Waals surface area contributed by atoms with Gasteiger partial charge in [0.2, 0.25) is 10.0 Å². The van der Waals surface area contributed by atoms with Crippen LogP contribution >= 0.6 is 0 Å². The molecule has 2 aromatic rings. The van der Waals surface area contributed by atoms with Gasteiger partial charge in [-0.3, -0.25) is 5.10 Å². The van der Waals surface area contributed by atoms with Crippen LogP contribution in [0.2, 0.25) is 0 Å². The van der Waals surface area contributed by atoms with Crippen molar-refractivity contribution in [2.24, 2.45) is 0 Å². The van der Waals surface area contributed by atoms with Crippen molar-refractivity contribution in [2.75, 3.05) is 7.05 Å². The quantitative estimate of drug-likeness (QED) is 0.749. The van der Waals surface area contributed by atoms with Crippen LogP contribution in [0.25, 0.3) is 0 Å². The SMILES string of the molecule is CN([C@@H]1CCCc2[nH]ncc21)S(=O)(=O)c1cc(C(F)(F)F)cc(C(F)(F)F)c1. The standard InChI is InChI=1S/C16H15F6N3O2S/c1-25(14-4-2-3-13-12(14)8-23-24-13)28(26,27)11-6-9(15(17,18)19)5-10(7-11)16(20,21)22/h5-8,14H,2-4H2,1H3,(H,23,24)/t14-/m1/s1. The van der Waals surface area contributed by atoms with Gasteiger partial charge in [-0.05, 0) is 37.5 Å². The minimum absolute atomic E-state index is 0.103. The van der Waals surface area contributed by atoms with Gasteiger partial charge in [0.25, 0.3) is 0 Å². The number of H-pyrrole nitrogens is 1. The van der Waals surface area contributed by atoms with E-state index in [0.717, 1.165) is 11.4 Å². The number of sulfonamides is 1. The highest BCUT2D eigenvalue weighted by molar-refractivity contribution is 7.89. The molecule has 1 atom stereocenters. The number of benzene rings is 1. The van der Waals surface area contributed by atoms with Crippen LogP contribution in [0.4, 0.5) is 26.3 Å². The van der Waals surface area contributed by atoms with Crippen molar-refractivity contribution < 1.29 is 34.8 Å². The van der Waals surface area contributed by atoms with E-state index in [2.05, 4.69) is 10.2 Å². The number of nitrogens with zero attached hydrogens (tertiary/aromatic N) is 2. The number of nitrogens with one attached hydrogen (secondary N) is 1. The van der Waals surface area contributed by atoms with Crippen molar-refractivity contribution in [1.29, 1.82) is 0 Å². The second-order valence-corrected chi connectivity index (χ2v) is 8.47. The summed E-state index contributed by atoms with van der Waals surface area (Å²) in [4.78, 5) is -1.06. The molecule has 0 amide bonds. The second-order valence-electron chi connectivity index (χ2n) is 6.47. The molecular weight excluding hydrogens is 412 g/mol. The highest BCUT2D eigenvalue weighted by atomic mass is 32.2. The van der Waals surface area contributed by atoms with Crippen molar-refractivity contribution in [3.8, 4) is 0 Å². The second kappa shape index (κ2) is 6.76. The van der Waals surface area contributed by atoms with Gasteiger partial charge in [-0.15, -0.1) is 0 Å². The molecule has 0 radical (unpaired) electrons. The van der Waals surface area contributed by atoms with Gasteiger partial charge in [0.15, 0.2) is 0 Å². The molecule has 3 rings (SSSR count). The number of halogens is 6. The summed E-state index contributed by atoms with van der Waals surface area (Å²) in [5.41, 5.74) is -2.11. The fraction of sp³-hybridized carbons (Fsp3) is 0.438. The lowest BCUT2D eigenvalue weighted by Gasteiger charge is -2.30. The smallest absolute Gasteiger partial charge is 0.282 e. The topological polar surface area (TPSA) is 66.1 Å². The molecule has 1 aromatic carbocycles. The summed E-state index contributed by atoms with van der Waals surface area (Å²) in [6.45, 7) is 0. The Labute approximate surface area is 156 Å². The predicted molar refractivity (Wildman–Crippen MR) is 85.7 cm³/mol. The molecular formula is C16H15F6N3O2S. The van der Waals surface area contributed by atoms with Gasteiger partial charge in [-0.2, -0.15) is 35.7 Å². The number of fused-ring (bicyclic) bond motifs is 1. The normalized spacial score (nSPS) is 18.4. The number of aromatic amines is 1. The summed E-state index contributed by atoms with van der Waals surface area (Å²) in [6, 6.07) is -0.398. The number of alkyl halides is 6. The van der Waals surface area contributed by atoms with Gasteiger partial charge < -0.3 is 0 Å². The minimum Gasteiger partial charge on any atom is -0.282 e. The Morgan fingerprint density at radius 3 is 2.18 bits per heavy atom. The Kier molecular flexibility index (Phi) is 4.99. The van der Waals surface area contributed by atoms with Crippen LogP contribution in [0.5, 0.6) is 0 Å². The molecule has 0 saturated carbocycles. The summed E-state index contributed by atoms with van der Waals surface area (Å²) in [5, 5.41) is 6.56. The molecule has 1 heterocycles. The number of rotatable bonds is 3. The lowest BCUT2D eigenvalue weighted by molar-refractivity contribution is -0.143. The van der Waals surface area contributed by atoms with E-state index in [9.17, 15) is 34.8 Å². The molecule has 0 aliphatic heterocycles. The summed E-state index contributed by atoms with van der Waals surface area (Å²) in [7, 11) is -3.50. The van der Waals surface area contributed by atoms with E-state index in [1.165, 1.54) is 6.20 Å². The average molecular weight is 427 g/mol. The first-order valence-corrected chi connectivity index (χ1v) is 9.55. The fourth-order valence-electron chi connectivity index (χ4n) is 3.22. The molecule has 5 nitrogen and oxygen atoms in total. The number of hydrogen-bond acceptors (Lipinski definition) is 3. The third kappa shape index (κ3) is 3.75. The van der Waals surface area contributed by atoms with Crippen LogP contribution in [-0.2, 0) is 28.8 Å². The maximum atomic E-state index is 13.0. The maximum absolute atomic E-state index is 13.0. The van der Waals surface area contributed by atoms with Crippen molar-refractivity contribution in [3.05, 3.63) is 46.8 Å². The van der Waals surface area contributed by atoms with Crippen LogP contribution in [0.1, 0.15) is 41.3 Å². The van der Waals surface area contributed by atoms with Gasteiger partial charge in [0, 0.05) is 18.3 Å². The zero-order valence-corrected chi connectivity index (χ0v) is 15.2. The summed E-state index contributed by atoms with van der Waals surface area (Å²) >= 11 is 0. The molecule has 0 saturated heterocycles. The Morgan fingerprint density at radius 1 is 1.07 bits per heavy atom. The lowest BCUT2D eigenvalue weighted by Crippen LogP contribution is -2.33. The molecule has 1 N–H and O–H groups in total. The number of aryl methyl sites for hydroxylation is 1. The lowest BCUT2D eigenvalue weighted by atomic mass is 9.93. The minimum atomic E-state index is -5.13. The molecule has 12 heteroatoms. The van der Waals surface area contributed by atoms with E-state index in [4.69, 9.17) is 0 Å².